The standard InChI is InChI=1S/CH2B2O/c2-1(3)4/h1,4H. The SMILES string of the molecule is [B]C([B])O. The minimum Gasteiger partial charge on any atom is -0.412 e. The van der Waals surface area contributed by atoms with Crippen LogP contribution < -0.4 is 0 Å². The highest BCUT2D eigenvalue weighted by Gasteiger charge is 1.70. The summed E-state index contributed by atoms with van der Waals surface area (Å²) in [4.78, 5) is 0. The molecule has 0 fully saturated rings. The molecule has 0 aliphatic carbocycles. The Bertz CT molecular complexity index is 10.8. The second-order valence-electron chi connectivity index (χ2n) is 0.491. The van der Waals surface area contributed by atoms with E-state index in [1.807, 2.05) is 0 Å². The molecule has 3 heteroatoms. The van der Waals surface area contributed by atoms with Gasteiger partial charge in [0.2, 0.25) is 0 Å². The molecule has 0 saturated heterocycles. The summed E-state index contributed by atoms with van der Waals surface area (Å²) >= 11 is 0. The van der Waals surface area contributed by atoms with E-state index in [1.165, 1.54) is 0 Å². The molecule has 0 amide bonds. The van der Waals surface area contributed by atoms with E-state index in [1.54, 1.807) is 0 Å². The predicted molar refractivity (Wildman–Crippen MR) is 17.5 cm³/mol. The average molecular weight is 51.7 g/mol. The van der Waals surface area contributed by atoms with Crippen LogP contribution >= 0.6 is 0 Å². The van der Waals surface area contributed by atoms with Gasteiger partial charge in [-0.3, -0.25) is 0 Å². The normalized spacial score (nSPS) is 8.50. The van der Waals surface area contributed by atoms with Crippen LogP contribution in [0.15, 0.2) is 0 Å². The Labute approximate surface area is 27.8 Å². The molecule has 0 aromatic rings. The van der Waals surface area contributed by atoms with E-state index in [0.29, 0.717) is 0 Å². The molecule has 0 atom stereocenters. The van der Waals surface area contributed by atoms with Crippen molar-refractivity contribution < 1.29 is 5.11 Å². The van der Waals surface area contributed by atoms with Crippen LogP contribution in [0.4, 0.5) is 0 Å². The molecule has 0 rings (SSSR count). The highest BCUT2D eigenvalue weighted by molar-refractivity contribution is 6.34. The van der Waals surface area contributed by atoms with Gasteiger partial charge in [0.05, 0.1) is 15.7 Å². The van der Waals surface area contributed by atoms with Crippen molar-refractivity contribution in [1.29, 1.82) is 0 Å². The van der Waals surface area contributed by atoms with Crippen molar-refractivity contribution in [2.24, 2.45) is 0 Å². The van der Waals surface area contributed by atoms with Crippen molar-refractivity contribution in [2.45, 2.75) is 5.90 Å². The minimum absolute atomic E-state index is 1.17. The number of hydrogen-bond acceptors (Lipinski definition) is 1. The third kappa shape index (κ3) is 307. The molecule has 0 aromatic heterocycles. The molecule has 1 N–H and O–H groups in total. The van der Waals surface area contributed by atoms with Gasteiger partial charge in [0.1, 0.15) is 0 Å². The molecule has 0 bridgehead atoms. The van der Waals surface area contributed by atoms with E-state index in [-0.39, 0.29) is 0 Å². The fraction of sp³-hybridized carbons (Fsp3) is 1.00. The van der Waals surface area contributed by atoms with Gasteiger partial charge in [-0.15, -0.1) is 0 Å². The lowest BCUT2D eigenvalue weighted by Crippen LogP contribution is -2.01. The number of aliphatic hydroxyl groups excluding tert-OH is 1. The van der Waals surface area contributed by atoms with E-state index in [9.17, 15) is 0 Å². The Morgan fingerprint density at radius 3 is 1.50 bits per heavy atom. The average Bonchev–Trinajstić information content (AvgIpc) is 0.811. The van der Waals surface area contributed by atoms with E-state index >= 15 is 0 Å². The highest BCUT2D eigenvalue weighted by atomic mass is 16.3. The maximum Gasteiger partial charge on any atom is 0.0943 e. The lowest BCUT2D eigenvalue weighted by Gasteiger charge is -1.80. The van der Waals surface area contributed by atoms with Gasteiger partial charge in [0, 0.05) is 0 Å². The van der Waals surface area contributed by atoms with E-state index in [0.717, 1.165) is 0 Å². The molecule has 4 radical (unpaired) electrons. The van der Waals surface area contributed by atoms with Gasteiger partial charge in [-0.1, -0.05) is 0 Å². The molecule has 0 aromatic carbocycles. The molecule has 0 heterocycles. The van der Waals surface area contributed by atoms with Gasteiger partial charge in [-0.25, -0.2) is 0 Å². The molecule has 0 aliphatic heterocycles. The zero-order valence-electron chi connectivity index (χ0n) is 2.18. The van der Waals surface area contributed by atoms with Crippen molar-refractivity contribution in [3.8, 4) is 0 Å². The van der Waals surface area contributed by atoms with Crippen LogP contribution in [0.5, 0.6) is 0 Å². The first-order chi connectivity index (χ1) is 1.73. The Balaban J connectivity index is 2.32. The third-order valence-electron chi connectivity index (χ3n) is 0. The van der Waals surface area contributed by atoms with Crippen LogP contribution in [0.3, 0.4) is 0 Å². The number of hydrogen-bond donors (Lipinski definition) is 1. The van der Waals surface area contributed by atoms with Crippen LogP contribution in [-0.4, -0.2) is 26.7 Å². The third-order valence-corrected chi connectivity index (χ3v) is 0. The summed E-state index contributed by atoms with van der Waals surface area (Å²) in [5.74, 6) is -1.17. The smallest absolute Gasteiger partial charge is 0.0943 e. The maximum atomic E-state index is 7.61. The molecular weight excluding hydrogens is 49.6 g/mol. The summed E-state index contributed by atoms with van der Waals surface area (Å²) in [6.45, 7) is 0. The van der Waals surface area contributed by atoms with Crippen LogP contribution in [0, 0.1) is 0 Å². The largest absolute Gasteiger partial charge is 0.412 e. The van der Waals surface area contributed by atoms with Crippen LogP contribution in [0.2, 0.25) is 0 Å². The van der Waals surface area contributed by atoms with Crippen LogP contribution in [0.1, 0.15) is 0 Å². The Kier molecular flexibility index (Phi) is 1.45. The fourth-order valence-corrected chi connectivity index (χ4v) is 0. The first-order valence-electron chi connectivity index (χ1n) is 0.925. The zero-order valence-corrected chi connectivity index (χ0v) is 2.18. The number of aliphatic hydroxyl groups is 1. The lowest BCUT2D eigenvalue weighted by atomic mass is 9.83. The van der Waals surface area contributed by atoms with Gasteiger partial charge < -0.3 is 5.11 Å². The van der Waals surface area contributed by atoms with Gasteiger partial charge in [-0.05, 0) is 5.90 Å². The summed E-state index contributed by atoms with van der Waals surface area (Å²) in [6, 6.07) is 0. The van der Waals surface area contributed by atoms with Crippen molar-refractivity contribution in [1.82, 2.24) is 0 Å². The summed E-state index contributed by atoms with van der Waals surface area (Å²) in [6.07, 6.45) is 0. The molecule has 0 aliphatic rings. The maximum absolute atomic E-state index is 7.61. The van der Waals surface area contributed by atoms with E-state index in [4.69, 9.17) is 5.11 Å². The second-order valence-corrected chi connectivity index (χ2v) is 0.491. The van der Waals surface area contributed by atoms with Crippen molar-refractivity contribution in [3.63, 3.8) is 0 Å². The minimum atomic E-state index is -1.17. The van der Waals surface area contributed by atoms with E-state index < -0.39 is 5.90 Å². The molecule has 0 spiro atoms. The first-order valence-corrected chi connectivity index (χ1v) is 0.925. The summed E-state index contributed by atoms with van der Waals surface area (Å²) in [5, 5.41) is 7.61. The van der Waals surface area contributed by atoms with Gasteiger partial charge in [0.25, 0.3) is 0 Å². The van der Waals surface area contributed by atoms with Gasteiger partial charge in [0.15, 0.2) is 0 Å². The Hall–Kier alpha value is 0.0899. The summed E-state index contributed by atoms with van der Waals surface area (Å²) < 4.78 is 0. The zero-order chi connectivity index (χ0) is 3.58. The highest BCUT2D eigenvalue weighted by Crippen LogP contribution is 1.46. The Morgan fingerprint density at radius 1 is 1.50 bits per heavy atom. The predicted octanol–water partition coefficient (Wildman–Crippen LogP) is -1.40. The van der Waals surface area contributed by atoms with Crippen molar-refractivity contribution in [3.05, 3.63) is 0 Å². The van der Waals surface area contributed by atoms with Crippen molar-refractivity contribution >= 4 is 15.7 Å². The Morgan fingerprint density at radius 2 is 1.50 bits per heavy atom. The summed E-state index contributed by atoms with van der Waals surface area (Å²) in [7, 11) is 8.89. The monoisotopic (exact) mass is 52.0 g/mol. The summed E-state index contributed by atoms with van der Waals surface area (Å²) in [5.41, 5.74) is 0. The topological polar surface area (TPSA) is 20.2 Å². The van der Waals surface area contributed by atoms with Crippen LogP contribution in [0.25, 0.3) is 0 Å². The lowest BCUT2D eigenvalue weighted by molar-refractivity contribution is 0.332. The second kappa shape index (κ2) is 1.41. The molecule has 0 saturated carbocycles. The van der Waals surface area contributed by atoms with Gasteiger partial charge >= 0.3 is 0 Å². The molecule has 18 valence electrons. The molecule has 4 heavy (non-hydrogen) atoms. The van der Waals surface area contributed by atoms with Crippen molar-refractivity contribution in [2.75, 3.05) is 0 Å². The molecular formula is CH2B2O. The van der Waals surface area contributed by atoms with Crippen LogP contribution in [-0.2, 0) is 0 Å². The first kappa shape index (κ1) is 4.09. The van der Waals surface area contributed by atoms with E-state index in [2.05, 4.69) is 15.7 Å². The number of rotatable bonds is 0. The van der Waals surface area contributed by atoms with Gasteiger partial charge in [-0.2, -0.15) is 0 Å². The fourth-order valence-electron chi connectivity index (χ4n) is 0. The molecule has 1 nitrogen and oxygen atoms in total. The molecule has 0 unspecified atom stereocenters. The quantitative estimate of drug-likeness (QED) is 0.336.